The van der Waals surface area contributed by atoms with Gasteiger partial charge in [-0.2, -0.15) is 0 Å². The van der Waals surface area contributed by atoms with Gasteiger partial charge in [0.05, 0.1) is 0 Å². The zero-order valence-corrected chi connectivity index (χ0v) is 12.8. The van der Waals surface area contributed by atoms with Gasteiger partial charge in [0.2, 0.25) is 0 Å². The van der Waals surface area contributed by atoms with Crippen LogP contribution in [0.1, 0.15) is 31.1 Å². The van der Waals surface area contributed by atoms with Crippen molar-refractivity contribution in [1.82, 2.24) is 0 Å². The second kappa shape index (κ2) is 6.14. The van der Waals surface area contributed by atoms with Crippen LogP contribution in [0.5, 0.6) is 0 Å². The third kappa shape index (κ3) is 4.42. The van der Waals surface area contributed by atoms with Gasteiger partial charge < -0.3 is 5.32 Å². The Bertz CT molecular complexity index is 570. The van der Waals surface area contributed by atoms with E-state index in [0.29, 0.717) is 5.56 Å². The first-order valence-electron chi connectivity index (χ1n) is 6.59. The first-order chi connectivity index (χ1) is 9.44. The highest BCUT2D eigenvalue weighted by molar-refractivity contribution is 8.00. The lowest BCUT2D eigenvalue weighted by Crippen LogP contribution is -2.11. The van der Waals surface area contributed by atoms with Gasteiger partial charge in [-0.1, -0.05) is 39.0 Å². The Balaban J connectivity index is 2.04. The van der Waals surface area contributed by atoms with Crippen LogP contribution in [0, 0.1) is 0 Å². The number of benzene rings is 2. The molecule has 0 unspecified atom stereocenters. The van der Waals surface area contributed by atoms with Crippen molar-refractivity contribution in [3.05, 3.63) is 60.2 Å². The molecule has 20 heavy (non-hydrogen) atoms. The summed E-state index contributed by atoms with van der Waals surface area (Å²) in [4.78, 5) is 13.3. The summed E-state index contributed by atoms with van der Waals surface area (Å²) >= 11 is 1.79. The number of amides is 1. The van der Waals surface area contributed by atoms with Crippen molar-refractivity contribution in [2.24, 2.45) is 0 Å². The van der Waals surface area contributed by atoms with E-state index < -0.39 is 0 Å². The van der Waals surface area contributed by atoms with Gasteiger partial charge in [-0.05, 0) is 36.4 Å². The van der Waals surface area contributed by atoms with E-state index in [0.717, 1.165) is 5.69 Å². The summed E-state index contributed by atoms with van der Waals surface area (Å²) in [5, 5.41) is 2.88. The smallest absolute Gasteiger partial charge is 0.255 e. The molecule has 104 valence electrons. The van der Waals surface area contributed by atoms with Crippen LogP contribution >= 0.6 is 11.8 Å². The van der Waals surface area contributed by atoms with Gasteiger partial charge in [0.25, 0.3) is 5.91 Å². The Kier molecular flexibility index (Phi) is 4.50. The monoisotopic (exact) mass is 285 g/mol. The lowest BCUT2D eigenvalue weighted by atomic mass is 10.2. The van der Waals surface area contributed by atoms with Gasteiger partial charge in [0.1, 0.15) is 0 Å². The molecule has 1 amide bonds. The molecule has 0 atom stereocenters. The molecule has 2 nitrogen and oxygen atoms in total. The number of thioether (sulfide) groups is 1. The minimum absolute atomic E-state index is 0.0801. The maximum atomic E-state index is 12.1. The maximum absolute atomic E-state index is 12.1. The van der Waals surface area contributed by atoms with Crippen LogP contribution in [-0.2, 0) is 0 Å². The number of carbonyl (C=O) groups excluding carboxylic acids is 1. The largest absolute Gasteiger partial charge is 0.322 e. The van der Waals surface area contributed by atoms with Crippen molar-refractivity contribution in [2.45, 2.75) is 30.4 Å². The first-order valence-corrected chi connectivity index (χ1v) is 7.41. The van der Waals surface area contributed by atoms with Crippen molar-refractivity contribution >= 4 is 23.4 Å². The molecule has 2 aromatic rings. The summed E-state index contributed by atoms with van der Waals surface area (Å²) in [7, 11) is 0. The van der Waals surface area contributed by atoms with Crippen molar-refractivity contribution in [2.75, 3.05) is 5.32 Å². The molecule has 2 rings (SSSR count). The SMILES string of the molecule is CC(C)(C)Sc1ccc(C(=O)Nc2ccccc2)cc1. The topological polar surface area (TPSA) is 29.1 Å². The van der Waals surface area contributed by atoms with Crippen LogP contribution in [0.25, 0.3) is 0 Å². The van der Waals surface area contributed by atoms with Crippen LogP contribution in [-0.4, -0.2) is 10.7 Å². The van der Waals surface area contributed by atoms with Crippen LogP contribution in [0.4, 0.5) is 5.69 Å². The Labute approximate surface area is 124 Å². The highest BCUT2D eigenvalue weighted by Crippen LogP contribution is 2.31. The first kappa shape index (κ1) is 14.7. The molecule has 0 aliphatic heterocycles. The Morgan fingerprint density at radius 3 is 2.10 bits per heavy atom. The van der Waals surface area contributed by atoms with E-state index in [1.807, 2.05) is 54.6 Å². The Morgan fingerprint density at radius 2 is 1.55 bits per heavy atom. The molecule has 2 aromatic carbocycles. The average molecular weight is 285 g/mol. The summed E-state index contributed by atoms with van der Waals surface area (Å²) in [5.41, 5.74) is 1.48. The molecule has 0 fully saturated rings. The van der Waals surface area contributed by atoms with Crippen LogP contribution < -0.4 is 5.32 Å². The number of hydrogen-bond donors (Lipinski definition) is 1. The van der Waals surface area contributed by atoms with E-state index in [9.17, 15) is 4.79 Å². The van der Waals surface area contributed by atoms with Crippen molar-refractivity contribution in [3.8, 4) is 0 Å². The molecule has 0 radical (unpaired) electrons. The minimum Gasteiger partial charge on any atom is -0.322 e. The molecule has 0 saturated heterocycles. The molecular weight excluding hydrogens is 266 g/mol. The Morgan fingerprint density at radius 1 is 0.950 bits per heavy atom. The zero-order chi connectivity index (χ0) is 14.6. The fraction of sp³-hybridized carbons (Fsp3) is 0.235. The Hall–Kier alpha value is -1.74. The molecule has 0 aliphatic carbocycles. The van der Waals surface area contributed by atoms with Gasteiger partial charge in [-0.15, -0.1) is 11.8 Å². The van der Waals surface area contributed by atoms with Crippen LogP contribution in [0.2, 0.25) is 0 Å². The minimum atomic E-state index is -0.0801. The second-order valence-electron chi connectivity index (χ2n) is 5.56. The molecule has 0 heterocycles. The molecule has 0 bridgehead atoms. The molecule has 0 aliphatic rings. The predicted molar refractivity (Wildman–Crippen MR) is 86.4 cm³/mol. The fourth-order valence-corrected chi connectivity index (χ4v) is 2.73. The van der Waals surface area contributed by atoms with E-state index in [1.54, 1.807) is 11.8 Å². The van der Waals surface area contributed by atoms with Crippen LogP contribution in [0.15, 0.2) is 59.5 Å². The summed E-state index contributed by atoms with van der Waals surface area (Å²) < 4.78 is 0.174. The lowest BCUT2D eigenvalue weighted by Gasteiger charge is -2.17. The molecule has 1 N–H and O–H groups in total. The normalized spacial score (nSPS) is 11.2. The van der Waals surface area contributed by atoms with E-state index in [1.165, 1.54) is 4.90 Å². The standard InChI is InChI=1S/C17H19NOS/c1-17(2,3)20-15-11-9-13(10-12-15)16(19)18-14-7-5-4-6-8-14/h4-12H,1-3H3,(H,18,19). The number of anilines is 1. The number of para-hydroxylation sites is 1. The fourth-order valence-electron chi connectivity index (χ4n) is 1.75. The summed E-state index contributed by atoms with van der Waals surface area (Å²) in [6, 6.07) is 17.2. The number of rotatable bonds is 3. The lowest BCUT2D eigenvalue weighted by molar-refractivity contribution is 0.102. The molecular formula is C17H19NOS. The quantitative estimate of drug-likeness (QED) is 0.818. The van der Waals surface area contributed by atoms with E-state index in [4.69, 9.17) is 0 Å². The maximum Gasteiger partial charge on any atom is 0.255 e. The third-order valence-electron chi connectivity index (χ3n) is 2.57. The van der Waals surface area contributed by atoms with Crippen molar-refractivity contribution in [1.29, 1.82) is 0 Å². The number of nitrogens with one attached hydrogen (secondary N) is 1. The molecule has 0 aromatic heterocycles. The molecule has 3 heteroatoms. The van der Waals surface area contributed by atoms with Gasteiger partial charge in [-0.25, -0.2) is 0 Å². The highest BCUT2D eigenvalue weighted by Gasteiger charge is 2.12. The zero-order valence-electron chi connectivity index (χ0n) is 12.0. The van der Waals surface area contributed by atoms with Gasteiger partial charge >= 0.3 is 0 Å². The third-order valence-corrected chi connectivity index (χ3v) is 3.69. The van der Waals surface area contributed by atoms with E-state index in [2.05, 4.69) is 26.1 Å². The van der Waals surface area contributed by atoms with E-state index >= 15 is 0 Å². The number of carbonyl (C=O) groups is 1. The molecule has 0 spiro atoms. The highest BCUT2D eigenvalue weighted by atomic mass is 32.2. The van der Waals surface area contributed by atoms with Crippen molar-refractivity contribution in [3.63, 3.8) is 0 Å². The van der Waals surface area contributed by atoms with Gasteiger partial charge in [0.15, 0.2) is 0 Å². The summed E-state index contributed by atoms with van der Waals surface area (Å²) in [5.74, 6) is -0.0801. The second-order valence-corrected chi connectivity index (χ2v) is 7.46. The van der Waals surface area contributed by atoms with Gasteiger partial charge in [-0.3, -0.25) is 4.79 Å². The van der Waals surface area contributed by atoms with Crippen LogP contribution in [0.3, 0.4) is 0 Å². The van der Waals surface area contributed by atoms with Gasteiger partial charge in [0, 0.05) is 20.9 Å². The predicted octanol–water partition coefficient (Wildman–Crippen LogP) is 4.83. The average Bonchev–Trinajstić information content (AvgIpc) is 2.39. The number of hydrogen-bond acceptors (Lipinski definition) is 2. The summed E-state index contributed by atoms with van der Waals surface area (Å²) in [6.07, 6.45) is 0. The van der Waals surface area contributed by atoms with Crippen molar-refractivity contribution < 1.29 is 4.79 Å². The molecule has 0 saturated carbocycles. The van der Waals surface area contributed by atoms with E-state index in [-0.39, 0.29) is 10.7 Å². The summed E-state index contributed by atoms with van der Waals surface area (Å²) in [6.45, 7) is 6.52.